The van der Waals surface area contributed by atoms with Crippen LogP contribution in [0.4, 0.5) is 5.69 Å². The van der Waals surface area contributed by atoms with Gasteiger partial charge in [-0.2, -0.15) is 0 Å². The van der Waals surface area contributed by atoms with Crippen molar-refractivity contribution in [3.63, 3.8) is 0 Å². The SMILES string of the molecule is [NH3+][C@H]1CCCC[C@@H]1N=C[C@@H]1C(=O)NC(=S)N(c2ccccc2)C1=O. The monoisotopic (exact) mass is 345 g/mol. The maximum atomic E-state index is 12.8. The third-order valence-corrected chi connectivity index (χ3v) is 4.80. The van der Waals surface area contributed by atoms with E-state index in [2.05, 4.69) is 16.0 Å². The fourth-order valence-electron chi connectivity index (χ4n) is 3.12. The molecule has 0 unspecified atom stereocenters. The lowest BCUT2D eigenvalue weighted by molar-refractivity contribution is -0.428. The second-order valence-electron chi connectivity index (χ2n) is 6.19. The zero-order valence-corrected chi connectivity index (χ0v) is 14.2. The third kappa shape index (κ3) is 3.37. The molecule has 1 heterocycles. The number of amides is 2. The van der Waals surface area contributed by atoms with Gasteiger partial charge in [0.05, 0.1) is 5.69 Å². The minimum absolute atomic E-state index is 0.0819. The molecule has 6 nitrogen and oxygen atoms in total. The molecule has 1 saturated carbocycles. The van der Waals surface area contributed by atoms with Crippen LogP contribution in [-0.4, -0.2) is 35.2 Å². The topological polar surface area (TPSA) is 89.4 Å². The van der Waals surface area contributed by atoms with Crippen LogP contribution in [0.15, 0.2) is 35.3 Å². The molecule has 0 radical (unpaired) electrons. The van der Waals surface area contributed by atoms with Crippen LogP contribution in [0, 0.1) is 5.92 Å². The van der Waals surface area contributed by atoms with E-state index in [1.807, 2.05) is 18.2 Å². The van der Waals surface area contributed by atoms with E-state index < -0.39 is 11.8 Å². The molecule has 2 aliphatic rings. The Kier molecular flexibility index (Phi) is 5.01. The minimum Gasteiger partial charge on any atom is -0.353 e. The largest absolute Gasteiger partial charge is 0.353 e. The molecule has 1 saturated heterocycles. The van der Waals surface area contributed by atoms with Gasteiger partial charge in [0.25, 0.3) is 5.91 Å². The number of thiocarbonyl (C=S) groups is 1. The number of hydrogen-bond acceptors (Lipinski definition) is 4. The van der Waals surface area contributed by atoms with Gasteiger partial charge in [0, 0.05) is 12.6 Å². The van der Waals surface area contributed by atoms with Gasteiger partial charge < -0.3 is 11.1 Å². The van der Waals surface area contributed by atoms with E-state index in [4.69, 9.17) is 12.2 Å². The highest BCUT2D eigenvalue weighted by Crippen LogP contribution is 2.21. The van der Waals surface area contributed by atoms with Crippen molar-refractivity contribution in [1.29, 1.82) is 0 Å². The Balaban J connectivity index is 1.80. The van der Waals surface area contributed by atoms with Gasteiger partial charge >= 0.3 is 0 Å². The lowest BCUT2D eigenvalue weighted by Crippen LogP contribution is -2.66. The molecule has 24 heavy (non-hydrogen) atoms. The van der Waals surface area contributed by atoms with Crippen molar-refractivity contribution in [2.24, 2.45) is 10.9 Å². The summed E-state index contributed by atoms with van der Waals surface area (Å²) in [5.41, 5.74) is 4.76. The molecule has 3 atom stereocenters. The molecular formula is C17H21N4O2S+. The summed E-state index contributed by atoms with van der Waals surface area (Å²) < 4.78 is 0. The summed E-state index contributed by atoms with van der Waals surface area (Å²) in [5.74, 6) is -1.74. The van der Waals surface area contributed by atoms with E-state index in [-0.39, 0.29) is 23.1 Å². The second kappa shape index (κ2) is 7.19. The highest BCUT2D eigenvalue weighted by Gasteiger charge is 2.38. The minimum atomic E-state index is -0.953. The lowest BCUT2D eigenvalue weighted by atomic mass is 9.91. The zero-order chi connectivity index (χ0) is 17.1. The summed E-state index contributed by atoms with van der Waals surface area (Å²) in [7, 11) is 0. The van der Waals surface area contributed by atoms with Gasteiger partial charge in [-0.1, -0.05) is 24.6 Å². The molecule has 2 amide bonds. The maximum Gasteiger partial charge on any atom is 0.251 e. The van der Waals surface area contributed by atoms with E-state index in [1.165, 1.54) is 17.5 Å². The summed E-state index contributed by atoms with van der Waals surface area (Å²) >= 11 is 5.16. The van der Waals surface area contributed by atoms with Crippen LogP contribution in [0.25, 0.3) is 0 Å². The normalized spacial score (nSPS) is 28.3. The van der Waals surface area contributed by atoms with Gasteiger partial charge in [0.2, 0.25) is 5.91 Å². The van der Waals surface area contributed by atoms with E-state index in [9.17, 15) is 9.59 Å². The molecule has 0 bridgehead atoms. The number of carbonyl (C=O) groups is 2. The Hall–Kier alpha value is -2.12. The van der Waals surface area contributed by atoms with Crippen LogP contribution < -0.4 is 16.0 Å². The highest BCUT2D eigenvalue weighted by molar-refractivity contribution is 7.80. The van der Waals surface area contributed by atoms with Gasteiger partial charge in [-0.25, -0.2) is 0 Å². The number of quaternary nitrogens is 1. The summed E-state index contributed by atoms with van der Waals surface area (Å²) in [6.45, 7) is 0. The van der Waals surface area contributed by atoms with Gasteiger partial charge in [-0.3, -0.25) is 19.5 Å². The average molecular weight is 345 g/mol. The summed E-state index contributed by atoms with van der Waals surface area (Å²) in [6, 6.07) is 9.38. The van der Waals surface area contributed by atoms with E-state index in [0.29, 0.717) is 5.69 Å². The van der Waals surface area contributed by atoms with E-state index in [0.717, 1.165) is 19.3 Å². The van der Waals surface area contributed by atoms with E-state index >= 15 is 0 Å². The summed E-state index contributed by atoms with van der Waals surface area (Å²) in [6.07, 6.45) is 5.74. The fourth-order valence-corrected chi connectivity index (χ4v) is 3.42. The lowest BCUT2D eigenvalue weighted by Gasteiger charge is -2.31. The van der Waals surface area contributed by atoms with Gasteiger partial charge in [-0.15, -0.1) is 0 Å². The average Bonchev–Trinajstić information content (AvgIpc) is 2.57. The summed E-state index contributed by atoms with van der Waals surface area (Å²) in [5, 5.41) is 2.70. The molecule has 2 fully saturated rings. The third-order valence-electron chi connectivity index (χ3n) is 4.51. The molecule has 1 aliphatic heterocycles. The van der Waals surface area contributed by atoms with Gasteiger partial charge in [0.15, 0.2) is 11.0 Å². The number of benzene rings is 1. The number of hydrogen-bond donors (Lipinski definition) is 2. The molecule has 3 rings (SSSR count). The van der Waals surface area contributed by atoms with Crippen LogP contribution in [0.5, 0.6) is 0 Å². The first kappa shape index (κ1) is 16.7. The fraction of sp³-hybridized carbons (Fsp3) is 0.412. The van der Waals surface area contributed by atoms with Crippen molar-refractivity contribution in [3.05, 3.63) is 30.3 Å². The molecular weight excluding hydrogens is 324 g/mol. The number of para-hydroxylation sites is 1. The molecule has 1 aromatic rings. The van der Waals surface area contributed by atoms with Crippen molar-refractivity contribution >= 4 is 41.0 Å². The molecule has 1 aliphatic carbocycles. The second-order valence-corrected chi connectivity index (χ2v) is 6.58. The standard InChI is InChI=1S/C17H20N4O2S/c18-13-8-4-5-9-14(13)19-10-12-15(22)20-17(24)21(16(12)23)11-6-2-1-3-7-11/h1-3,6-7,10,12-14H,4-5,8-9,18H2,(H,20,22,24)/p+1/t12-,13+,14+/m1/s1. The quantitative estimate of drug-likeness (QED) is 0.479. The van der Waals surface area contributed by atoms with E-state index in [1.54, 1.807) is 12.1 Å². The Morgan fingerprint density at radius 3 is 2.62 bits per heavy atom. The van der Waals surface area contributed by atoms with Crippen LogP contribution in [0.3, 0.4) is 0 Å². The number of aliphatic imine (C=N–C) groups is 1. The van der Waals surface area contributed by atoms with Crippen molar-refractivity contribution in [1.82, 2.24) is 5.32 Å². The van der Waals surface area contributed by atoms with Crippen LogP contribution in [0.2, 0.25) is 0 Å². The first-order valence-electron chi connectivity index (χ1n) is 8.18. The Labute approximate surface area is 146 Å². The predicted octanol–water partition coefficient (Wildman–Crippen LogP) is 0.674. The van der Waals surface area contributed by atoms with Crippen LogP contribution >= 0.6 is 12.2 Å². The molecule has 1 aromatic carbocycles. The maximum absolute atomic E-state index is 12.8. The smallest absolute Gasteiger partial charge is 0.251 e. The number of nitrogens with zero attached hydrogens (tertiary/aromatic N) is 2. The Morgan fingerprint density at radius 2 is 1.92 bits per heavy atom. The van der Waals surface area contributed by atoms with Gasteiger partial charge in [-0.05, 0) is 37.2 Å². The van der Waals surface area contributed by atoms with Gasteiger partial charge in [0.1, 0.15) is 12.1 Å². The van der Waals surface area contributed by atoms with Crippen molar-refractivity contribution in [3.8, 4) is 0 Å². The van der Waals surface area contributed by atoms with Crippen molar-refractivity contribution in [2.75, 3.05) is 4.90 Å². The van der Waals surface area contributed by atoms with Crippen LogP contribution in [0.1, 0.15) is 25.7 Å². The van der Waals surface area contributed by atoms with Crippen molar-refractivity contribution < 1.29 is 15.3 Å². The predicted molar refractivity (Wildman–Crippen MR) is 95.6 cm³/mol. The number of rotatable bonds is 3. The first-order valence-corrected chi connectivity index (χ1v) is 8.59. The zero-order valence-electron chi connectivity index (χ0n) is 13.4. The van der Waals surface area contributed by atoms with Crippen LogP contribution in [-0.2, 0) is 9.59 Å². The Bertz CT molecular complexity index is 676. The number of nitrogens with one attached hydrogen (secondary N) is 1. The first-order chi connectivity index (χ1) is 11.6. The van der Waals surface area contributed by atoms with Crippen molar-refractivity contribution in [2.45, 2.75) is 37.8 Å². The molecule has 7 heteroatoms. The number of anilines is 1. The molecule has 4 N–H and O–H groups in total. The Morgan fingerprint density at radius 1 is 1.21 bits per heavy atom. The molecule has 0 aromatic heterocycles. The number of carbonyl (C=O) groups excluding carboxylic acids is 2. The highest BCUT2D eigenvalue weighted by atomic mass is 32.1. The summed E-state index contributed by atoms with van der Waals surface area (Å²) in [4.78, 5) is 30.8. The molecule has 126 valence electrons. The molecule has 0 spiro atoms.